The van der Waals surface area contributed by atoms with Crippen molar-refractivity contribution in [3.8, 4) is 23.0 Å². The van der Waals surface area contributed by atoms with Gasteiger partial charge in [0.25, 0.3) is 0 Å². The van der Waals surface area contributed by atoms with Crippen LogP contribution in [0.2, 0.25) is 0 Å². The van der Waals surface area contributed by atoms with E-state index in [-0.39, 0.29) is 18.0 Å². The third-order valence-electron chi connectivity index (χ3n) is 6.04. The number of hydrogen-bond acceptors (Lipinski definition) is 7. The fourth-order valence-electron chi connectivity index (χ4n) is 3.97. The number of likely N-dealkylation sites (N-methyl/N-ethyl adjacent to an activating group) is 2. The molecule has 0 saturated carbocycles. The average Bonchev–Trinajstić information content (AvgIpc) is 3.35. The van der Waals surface area contributed by atoms with Crippen LogP contribution in [-0.4, -0.2) is 58.0 Å². The molecular formula is C27H28N2O5S. The van der Waals surface area contributed by atoms with Gasteiger partial charge >= 0.3 is 0 Å². The number of benzene rings is 3. The molecule has 1 amide bonds. The summed E-state index contributed by atoms with van der Waals surface area (Å²) in [6.07, 6.45) is 0. The predicted molar refractivity (Wildman–Crippen MR) is 136 cm³/mol. The van der Waals surface area contributed by atoms with E-state index in [1.165, 1.54) is 0 Å². The van der Waals surface area contributed by atoms with Crippen LogP contribution in [0.25, 0.3) is 0 Å². The monoisotopic (exact) mass is 492 g/mol. The number of anilines is 1. The summed E-state index contributed by atoms with van der Waals surface area (Å²) in [6.45, 7) is 2.92. The maximum Gasteiger partial charge on any atom is 0.244 e. The molecule has 0 aromatic heterocycles. The van der Waals surface area contributed by atoms with Crippen molar-refractivity contribution >= 4 is 23.4 Å². The van der Waals surface area contributed by atoms with Crippen LogP contribution >= 0.6 is 11.8 Å². The number of carbonyl (C=O) groups excluding carboxylic acids is 1. The van der Waals surface area contributed by atoms with Crippen LogP contribution in [0.3, 0.4) is 0 Å². The van der Waals surface area contributed by atoms with Gasteiger partial charge in [-0.15, -0.1) is 11.8 Å². The molecule has 0 spiro atoms. The van der Waals surface area contributed by atoms with Crippen LogP contribution in [0.15, 0.2) is 71.6 Å². The number of hydrogen-bond donors (Lipinski definition) is 0. The predicted octanol–water partition coefficient (Wildman–Crippen LogP) is 4.61. The van der Waals surface area contributed by atoms with Gasteiger partial charge in [0.2, 0.25) is 12.7 Å². The number of rotatable bonds is 9. The highest BCUT2D eigenvalue weighted by Gasteiger charge is 2.32. The first kappa shape index (κ1) is 23.4. The molecule has 35 heavy (non-hydrogen) atoms. The number of fused-ring (bicyclic) bond motifs is 2. The van der Waals surface area contributed by atoms with Gasteiger partial charge in [0.15, 0.2) is 11.5 Å². The normalized spacial score (nSPS) is 16.4. The molecule has 0 aliphatic carbocycles. The largest absolute Gasteiger partial charge is 0.492 e. The smallest absolute Gasteiger partial charge is 0.244 e. The van der Waals surface area contributed by atoms with Crippen molar-refractivity contribution in [3.63, 3.8) is 0 Å². The lowest BCUT2D eigenvalue weighted by molar-refractivity contribution is -0.118. The molecule has 8 heteroatoms. The van der Waals surface area contributed by atoms with Crippen LogP contribution in [-0.2, 0) is 4.79 Å². The summed E-state index contributed by atoms with van der Waals surface area (Å²) >= 11 is 1.60. The van der Waals surface area contributed by atoms with Crippen molar-refractivity contribution in [1.29, 1.82) is 0 Å². The van der Waals surface area contributed by atoms with Crippen LogP contribution in [0.5, 0.6) is 23.0 Å². The molecule has 0 radical (unpaired) electrons. The van der Waals surface area contributed by atoms with Crippen LogP contribution in [0.4, 0.5) is 5.69 Å². The number of thioether (sulfide) groups is 1. The van der Waals surface area contributed by atoms with Crippen LogP contribution in [0, 0.1) is 0 Å². The van der Waals surface area contributed by atoms with Crippen molar-refractivity contribution in [2.24, 2.45) is 0 Å². The lowest BCUT2D eigenvalue weighted by atomic mass is 10.1. The molecule has 3 aromatic rings. The minimum atomic E-state index is -0.250. The third-order valence-corrected chi connectivity index (χ3v) is 7.35. The molecule has 0 saturated heterocycles. The molecule has 7 nitrogen and oxygen atoms in total. The SMILES string of the molecule is CN(CCOc1ccc([C@@H]2Sc3ccccc3N(C)C2=O)cc1)CCOc1ccc2c(c1)OCO2. The van der Waals surface area contributed by atoms with Crippen molar-refractivity contribution in [2.75, 3.05) is 52.1 Å². The van der Waals surface area contributed by atoms with Gasteiger partial charge in [0.05, 0.1) is 5.69 Å². The molecule has 1 atom stereocenters. The van der Waals surface area contributed by atoms with E-state index in [9.17, 15) is 4.79 Å². The maximum atomic E-state index is 12.9. The van der Waals surface area contributed by atoms with E-state index in [0.717, 1.165) is 52.2 Å². The molecule has 0 bridgehead atoms. The molecule has 5 rings (SSSR count). The maximum absolute atomic E-state index is 12.9. The molecule has 0 unspecified atom stereocenters. The average molecular weight is 493 g/mol. The van der Waals surface area contributed by atoms with E-state index in [4.69, 9.17) is 18.9 Å². The number of carbonyl (C=O) groups is 1. The van der Waals surface area contributed by atoms with Gasteiger partial charge < -0.3 is 23.8 Å². The molecular weight excluding hydrogens is 464 g/mol. The second-order valence-corrected chi connectivity index (χ2v) is 9.59. The Bertz CT molecular complexity index is 1190. The van der Waals surface area contributed by atoms with Crippen LogP contribution < -0.4 is 23.8 Å². The Morgan fingerprint density at radius 3 is 2.43 bits per heavy atom. The molecule has 2 aliphatic rings. The Labute approximate surface area is 209 Å². The zero-order valence-electron chi connectivity index (χ0n) is 19.8. The Morgan fingerprint density at radius 1 is 0.943 bits per heavy atom. The Balaban J connectivity index is 1.06. The summed E-state index contributed by atoms with van der Waals surface area (Å²) in [4.78, 5) is 17.9. The van der Waals surface area contributed by atoms with Crippen molar-refractivity contribution in [2.45, 2.75) is 10.1 Å². The van der Waals surface area contributed by atoms with E-state index >= 15 is 0 Å². The molecule has 0 N–H and O–H groups in total. The van der Waals surface area contributed by atoms with Crippen molar-refractivity contribution in [3.05, 3.63) is 72.3 Å². The highest BCUT2D eigenvalue weighted by Crippen LogP contribution is 2.46. The van der Waals surface area contributed by atoms with Crippen LogP contribution in [0.1, 0.15) is 10.8 Å². The van der Waals surface area contributed by atoms with Gasteiger partial charge in [-0.25, -0.2) is 0 Å². The van der Waals surface area contributed by atoms with Gasteiger partial charge in [-0.05, 0) is 49.0 Å². The number of nitrogens with zero attached hydrogens (tertiary/aromatic N) is 2. The molecule has 182 valence electrons. The van der Waals surface area contributed by atoms with E-state index < -0.39 is 0 Å². The van der Waals surface area contributed by atoms with E-state index in [1.54, 1.807) is 16.7 Å². The minimum Gasteiger partial charge on any atom is -0.492 e. The first-order chi connectivity index (χ1) is 17.1. The number of para-hydroxylation sites is 1. The van der Waals surface area contributed by atoms with E-state index in [0.29, 0.717) is 13.2 Å². The summed E-state index contributed by atoms with van der Waals surface area (Å²) in [7, 11) is 3.87. The topological polar surface area (TPSA) is 60.5 Å². The number of ether oxygens (including phenoxy) is 4. The Kier molecular flexibility index (Phi) is 7.01. The van der Waals surface area contributed by atoms with E-state index in [1.807, 2.05) is 74.8 Å². The summed E-state index contributed by atoms with van der Waals surface area (Å²) < 4.78 is 22.4. The molecule has 3 aromatic carbocycles. The Hall–Kier alpha value is -3.36. The highest BCUT2D eigenvalue weighted by molar-refractivity contribution is 8.00. The Morgan fingerprint density at radius 2 is 1.63 bits per heavy atom. The molecule has 2 heterocycles. The van der Waals surface area contributed by atoms with Crippen molar-refractivity contribution in [1.82, 2.24) is 4.90 Å². The summed E-state index contributed by atoms with van der Waals surface area (Å²) in [6, 6.07) is 21.4. The van der Waals surface area contributed by atoms with Gasteiger partial charge in [-0.3, -0.25) is 9.69 Å². The van der Waals surface area contributed by atoms with E-state index in [2.05, 4.69) is 11.0 Å². The highest BCUT2D eigenvalue weighted by atomic mass is 32.2. The standard InChI is InChI=1S/C27H28N2O5S/c1-28(14-16-32-21-11-12-23-24(17-21)34-18-33-23)13-15-31-20-9-7-19(8-10-20)26-27(30)29(2)22-5-3-4-6-25(22)35-26/h3-12,17,26H,13-16,18H2,1-2H3/t26-/m0/s1. The zero-order valence-corrected chi connectivity index (χ0v) is 20.6. The lowest BCUT2D eigenvalue weighted by Gasteiger charge is -2.31. The quantitative estimate of drug-likeness (QED) is 0.432. The number of amides is 1. The molecule has 0 fully saturated rings. The molecule has 2 aliphatic heterocycles. The zero-order chi connectivity index (χ0) is 24.2. The third kappa shape index (κ3) is 5.33. The first-order valence-corrected chi connectivity index (χ1v) is 12.4. The van der Waals surface area contributed by atoms with Gasteiger partial charge in [-0.2, -0.15) is 0 Å². The summed E-state index contributed by atoms with van der Waals surface area (Å²) in [5.74, 6) is 3.12. The fraction of sp³-hybridized carbons (Fsp3) is 0.296. The summed E-state index contributed by atoms with van der Waals surface area (Å²) in [5.41, 5.74) is 1.94. The second-order valence-electron chi connectivity index (χ2n) is 8.45. The van der Waals surface area contributed by atoms with Gasteiger partial charge in [0, 0.05) is 31.1 Å². The fourth-order valence-corrected chi connectivity index (χ4v) is 5.26. The van der Waals surface area contributed by atoms with Gasteiger partial charge in [-0.1, -0.05) is 24.3 Å². The van der Waals surface area contributed by atoms with Gasteiger partial charge in [0.1, 0.15) is 30.0 Å². The minimum absolute atomic E-state index is 0.0898. The lowest BCUT2D eigenvalue weighted by Crippen LogP contribution is -2.33. The van der Waals surface area contributed by atoms with Crippen molar-refractivity contribution < 1.29 is 23.7 Å². The first-order valence-electron chi connectivity index (χ1n) is 11.6. The second kappa shape index (κ2) is 10.5. The summed E-state index contributed by atoms with van der Waals surface area (Å²) in [5, 5.41) is -0.250.